The van der Waals surface area contributed by atoms with Crippen molar-refractivity contribution in [2.24, 2.45) is 0 Å². The van der Waals surface area contributed by atoms with Crippen LogP contribution in [0, 0.1) is 0 Å². The van der Waals surface area contributed by atoms with E-state index >= 15 is 0 Å². The van der Waals surface area contributed by atoms with E-state index < -0.39 is 11.9 Å². The Morgan fingerprint density at radius 2 is 1.52 bits per heavy atom. The van der Waals surface area contributed by atoms with Crippen molar-refractivity contribution in [1.29, 1.82) is 0 Å². The van der Waals surface area contributed by atoms with Gasteiger partial charge in [-0.3, -0.25) is 4.90 Å². The van der Waals surface area contributed by atoms with Gasteiger partial charge in [-0.1, -0.05) is 37.5 Å². The van der Waals surface area contributed by atoms with Gasteiger partial charge in [-0.2, -0.15) is 0 Å². The number of fused-ring (bicyclic) bond motifs is 1. The molecule has 8 heteroatoms. The first-order valence-electron chi connectivity index (χ1n) is 11.6. The fourth-order valence-corrected chi connectivity index (χ4v) is 6.61. The second-order valence-corrected chi connectivity index (χ2v) is 9.93. The maximum atomic E-state index is 9.55. The first-order chi connectivity index (χ1) is 15.9. The lowest BCUT2D eigenvalue weighted by molar-refractivity contribution is -0.194. The van der Waals surface area contributed by atoms with E-state index in [-0.39, 0.29) is 11.3 Å². The highest BCUT2D eigenvalue weighted by Crippen LogP contribution is 2.48. The standard InChI is InChI=1S/C21H27NO2S.C4H4O4/c1-4-8-20(9-5-1,19-16-17-6-2-3-7-18(17)25-19)22-12-10-21(11-13-22)23-14-15-24-21;5-3(6)1-2-4(7)8/h2-3,6-7,16H,1,4-5,8-15H2;1-2H,(H,5,6)(H,7,8)/b;2-1+. The van der Waals surface area contributed by atoms with Crippen LogP contribution in [0.25, 0.3) is 10.1 Å². The van der Waals surface area contributed by atoms with Gasteiger partial charge in [0.15, 0.2) is 5.79 Å². The molecule has 2 aromatic rings. The lowest BCUT2D eigenvalue weighted by atomic mass is 9.77. The number of carbonyl (C=O) groups is 2. The maximum Gasteiger partial charge on any atom is 0.328 e. The summed E-state index contributed by atoms with van der Waals surface area (Å²) in [6.45, 7) is 3.71. The molecule has 0 unspecified atom stereocenters. The van der Waals surface area contributed by atoms with Crippen LogP contribution in [0.3, 0.4) is 0 Å². The molecule has 1 aromatic heterocycles. The van der Waals surface area contributed by atoms with Crippen LogP contribution in [0.15, 0.2) is 42.5 Å². The summed E-state index contributed by atoms with van der Waals surface area (Å²) in [5.74, 6) is -2.79. The average Bonchev–Trinajstić information content (AvgIpc) is 3.46. The number of carboxylic acid groups (broad SMARTS) is 2. The van der Waals surface area contributed by atoms with Crippen molar-refractivity contribution in [3.63, 3.8) is 0 Å². The van der Waals surface area contributed by atoms with Gasteiger partial charge in [0, 0.05) is 47.7 Å². The highest BCUT2D eigenvalue weighted by molar-refractivity contribution is 7.19. The number of piperidine rings is 1. The summed E-state index contributed by atoms with van der Waals surface area (Å²) >= 11 is 2.02. The van der Waals surface area contributed by atoms with Crippen molar-refractivity contribution in [2.45, 2.75) is 56.3 Å². The molecule has 7 nitrogen and oxygen atoms in total. The Hall–Kier alpha value is -2.26. The summed E-state index contributed by atoms with van der Waals surface area (Å²) in [7, 11) is 0. The molecule has 2 saturated heterocycles. The summed E-state index contributed by atoms with van der Waals surface area (Å²) < 4.78 is 13.3. The molecule has 1 aromatic carbocycles. The third kappa shape index (κ3) is 5.46. The van der Waals surface area contributed by atoms with Gasteiger partial charge < -0.3 is 19.7 Å². The van der Waals surface area contributed by atoms with Crippen LogP contribution in [0.1, 0.15) is 49.8 Å². The molecule has 0 amide bonds. The zero-order chi connectivity index (χ0) is 23.3. The van der Waals surface area contributed by atoms with E-state index in [0.717, 1.165) is 39.1 Å². The predicted octanol–water partition coefficient (Wildman–Crippen LogP) is 4.61. The Morgan fingerprint density at radius 1 is 0.909 bits per heavy atom. The van der Waals surface area contributed by atoms with Crippen LogP contribution in [-0.2, 0) is 24.6 Å². The number of hydrogen-bond acceptors (Lipinski definition) is 6. The highest BCUT2D eigenvalue weighted by atomic mass is 32.1. The monoisotopic (exact) mass is 473 g/mol. The molecule has 0 radical (unpaired) electrons. The third-order valence-corrected chi connectivity index (χ3v) is 8.19. The normalized spacial score (nSPS) is 22.3. The number of ether oxygens (including phenoxy) is 2. The summed E-state index contributed by atoms with van der Waals surface area (Å²) in [6.07, 6.45) is 9.83. The minimum atomic E-state index is -1.26. The van der Waals surface area contributed by atoms with Crippen molar-refractivity contribution >= 4 is 33.4 Å². The molecule has 5 rings (SSSR count). The minimum absolute atomic E-state index is 0.238. The number of hydrogen-bond donors (Lipinski definition) is 2. The van der Waals surface area contributed by atoms with E-state index in [9.17, 15) is 9.59 Å². The average molecular weight is 474 g/mol. The van der Waals surface area contributed by atoms with E-state index in [1.807, 2.05) is 11.3 Å². The second kappa shape index (κ2) is 10.3. The van der Waals surface area contributed by atoms with Crippen LogP contribution < -0.4 is 0 Å². The maximum absolute atomic E-state index is 9.55. The minimum Gasteiger partial charge on any atom is -0.478 e. The SMILES string of the molecule is O=C(O)/C=C/C(=O)O.c1ccc2sc(C3(N4CCC5(CC4)OCCO5)CCCCC3)cc2c1. The van der Waals surface area contributed by atoms with Crippen LogP contribution in [-0.4, -0.2) is 59.1 Å². The first-order valence-corrected chi connectivity index (χ1v) is 12.4. The van der Waals surface area contributed by atoms with Gasteiger partial charge in [0.2, 0.25) is 0 Å². The highest BCUT2D eigenvalue weighted by Gasteiger charge is 2.47. The van der Waals surface area contributed by atoms with Gasteiger partial charge in [0.1, 0.15) is 0 Å². The number of benzene rings is 1. The lowest BCUT2D eigenvalue weighted by Gasteiger charge is -2.50. The Kier molecular flexibility index (Phi) is 7.48. The number of carboxylic acids is 2. The smallest absolute Gasteiger partial charge is 0.328 e. The molecular formula is C25H31NO6S. The van der Waals surface area contributed by atoms with Gasteiger partial charge in [-0.15, -0.1) is 11.3 Å². The van der Waals surface area contributed by atoms with E-state index in [1.54, 1.807) is 4.88 Å². The molecule has 1 spiro atoms. The molecule has 2 aliphatic heterocycles. The topological polar surface area (TPSA) is 96.3 Å². The van der Waals surface area contributed by atoms with Gasteiger partial charge >= 0.3 is 11.9 Å². The largest absolute Gasteiger partial charge is 0.478 e. The molecule has 33 heavy (non-hydrogen) atoms. The Balaban J connectivity index is 0.000000281. The molecular weight excluding hydrogens is 442 g/mol. The van der Waals surface area contributed by atoms with E-state index in [4.69, 9.17) is 19.7 Å². The predicted molar refractivity (Wildman–Crippen MR) is 126 cm³/mol. The van der Waals surface area contributed by atoms with E-state index in [0.29, 0.717) is 12.2 Å². The molecule has 0 atom stereocenters. The zero-order valence-corrected chi connectivity index (χ0v) is 19.5. The molecule has 178 valence electrons. The number of aliphatic carboxylic acids is 2. The van der Waals surface area contributed by atoms with Crippen LogP contribution >= 0.6 is 11.3 Å². The van der Waals surface area contributed by atoms with Gasteiger partial charge in [-0.05, 0) is 30.4 Å². The fourth-order valence-electron chi connectivity index (χ4n) is 5.27. The molecule has 0 bridgehead atoms. The van der Waals surface area contributed by atoms with Crippen molar-refractivity contribution < 1.29 is 29.3 Å². The quantitative estimate of drug-likeness (QED) is 0.626. The molecule has 3 aliphatic rings. The van der Waals surface area contributed by atoms with Crippen LogP contribution in [0.4, 0.5) is 0 Å². The van der Waals surface area contributed by atoms with Crippen molar-refractivity contribution in [1.82, 2.24) is 4.90 Å². The molecule has 1 aliphatic carbocycles. The van der Waals surface area contributed by atoms with Gasteiger partial charge in [0.25, 0.3) is 0 Å². The van der Waals surface area contributed by atoms with Crippen molar-refractivity contribution in [2.75, 3.05) is 26.3 Å². The Labute approximate surface area is 197 Å². The zero-order valence-electron chi connectivity index (χ0n) is 18.7. The number of rotatable bonds is 4. The second-order valence-electron chi connectivity index (χ2n) is 8.85. The van der Waals surface area contributed by atoms with Gasteiger partial charge in [0.05, 0.1) is 18.8 Å². The number of likely N-dealkylation sites (tertiary alicyclic amines) is 1. The summed E-state index contributed by atoms with van der Waals surface area (Å²) in [6, 6.07) is 11.3. The van der Waals surface area contributed by atoms with Crippen molar-refractivity contribution in [3.05, 3.63) is 47.4 Å². The Bertz CT molecular complexity index is 944. The van der Waals surface area contributed by atoms with E-state index in [2.05, 4.69) is 35.2 Å². The summed E-state index contributed by atoms with van der Waals surface area (Å²) in [5.41, 5.74) is 0.238. The fraction of sp³-hybridized carbons (Fsp3) is 0.520. The van der Waals surface area contributed by atoms with Gasteiger partial charge in [-0.25, -0.2) is 9.59 Å². The summed E-state index contributed by atoms with van der Waals surface area (Å²) in [4.78, 5) is 23.5. The number of nitrogens with zero attached hydrogens (tertiary/aromatic N) is 1. The van der Waals surface area contributed by atoms with Crippen LogP contribution in [0.5, 0.6) is 0 Å². The molecule has 2 N–H and O–H groups in total. The number of thiophene rings is 1. The molecule has 3 heterocycles. The first kappa shape index (κ1) is 23.9. The Morgan fingerprint density at radius 3 is 2.09 bits per heavy atom. The summed E-state index contributed by atoms with van der Waals surface area (Å²) in [5, 5.41) is 17.0. The molecule has 3 fully saturated rings. The lowest BCUT2D eigenvalue weighted by Crippen LogP contribution is -2.54. The molecule has 1 saturated carbocycles. The van der Waals surface area contributed by atoms with Crippen LogP contribution in [0.2, 0.25) is 0 Å². The third-order valence-electron chi connectivity index (χ3n) is 6.88. The van der Waals surface area contributed by atoms with Crippen molar-refractivity contribution in [3.8, 4) is 0 Å². The van der Waals surface area contributed by atoms with E-state index in [1.165, 1.54) is 42.2 Å².